The highest BCUT2D eigenvalue weighted by molar-refractivity contribution is 6.17. The van der Waals surface area contributed by atoms with Gasteiger partial charge in [-0.15, -0.1) is 11.6 Å². The number of benzene rings is 1. The number of hydrogen-bond acceptors (Lipinski definition) is 1. The lowest BCUT2D eigenvalue weighted by atomic mass is 9.97. The summed E-state index contributed by atoms with van der Waals surface area (Å²) < 4.78 is 2.39. The van der Waals surface area contributed by atoms with Crippen molar-refractivity contribution in [3.63, 3.8) is 0 Å². The predicted molar refractivity (Wildman–Crippen MR) is 83.1 cm³/mol. The molecule has 0 spiro atoms. The molecule has 0 atom stereocenters. The van der Waals surface area contributed by atoms with Crippen LogP contribution in [0.25, 0.3) is 11.0 Å². The zero-order chi connectivity index (χ0) is 14.0. The molecule has 0 unspecified atom stereocenters. The largest absolute Gasteiger partial charge is 0.322 e. The van der Waals surface area contributed by atoms with Crippen LogP contribution in [0.3, 0.4) is 0 Å². The Bertz CT molecular complexity index is 569. The van der Waals surface area contributed by atoms with Gasteiger partial charge in [0.15, 0.2) is 0 Å². The number of halogens is 1. The lowest BCUT2D eigenvalue weighted by Crippen LogP contribution is -2.28. The van der Waals surface area contributed by atoms with Crippen LogP contribution >= 0.6 is 11.6 Å². The molecule has 19 heavy (non-hydrogen) atoms. The normalized spacial score (nSPS) is 12.3. The molecule has 0 aliphatic heterocycles. The van der Waals surface area contributed by atoms with Crippen molar-refractivity contribution < 1.29 is 0 Å². The first-order chi connectivity index (χ1) is 8.99. The van der Waals surface area contributed by atoms with E-state index < -0.39 is 0 Å². The Labute approximate surface area is 120 Å². The van der Waals surface area contributed by atoms with Crippen LogP contribution in [0.15, 0.2) is 18.2 Å². The Morgan fingerprint density at radius 1 is 1.32 bits per heavy atom. The Hall–Kier alpha value is -1.02. The van der Waals surface area contributed by atoms with Gasteiger partial charge >= 0.3 is 0 Å². The van der Waals surface area contributed by atoms with E-state index in [4.69, 9.17) is 16.6 Å². The Balaban J connectivity index is 2.66. The average molecular weight is 279 g/mol. The van der Waals surface area contributed by atoms with Gasteiger partial charge in [-0.3, -0.25) is 0 Å². The number of imidazole rings is 1. The molecule has 0 aliphatic carbocycles. The minimum Gasteiger partial charge on any atom is -0.322 e. The second kappa shape index (κ2) is 5.54. The molecule has 0 saturated carbocycles. The highest BCUT2D eigenvalue weighted by atomic mass is 35.5. The summed E-state index contributed by atoms with van der Waals surface area (Å²) in [6, 6.07) is 6.47. The van der Waals surface area contributed by atoms with Crippen molar-refractivity contribution in [2.75, 3.05) is 5.88 Å². The molecule has 3 heteroatoms. The van der Waals surface area contributed by atoms with Crippen molar-refractivity contribution in [2.24, 2.45) is 0 Å². The molecule has 1 aromatic heterocycles. The van der Waals surface area contributed by atoms with Crippen LogP contribution in [-0.4, -0.2) is 15.4 Å². The summed E-state index contributed by atoms with van der Waals surface area (Å²) in [5.41, 5.74) is 3.67. The van der Waals surface area contributed by atoms with Crippen molar-refractivity contribution in [2.45, 2.75) is 52.5 Å². The lowest BCUT2D eigenvalue weighted by Gasteiger charge is -2.29. The Kier molecular flexibility index (Phi) is 4.19. The molecule has 0 N–H and O–H groups in total. The molecule has 1 aromatic carbocycles. The molecule has 0 saturated heterocycles. The maximum atomic E-state index is 5.94. The van der Waals surface area contributed by atoms with Gasteiger partial charge in [0.05, 0.1) is 11.0 Å². The monoisotopic (exact) mass is 278 g/mol. The van der Waals surface area contributed by atoms with E-state index >= 15 is 0 Å². The minimum atomic E-state index is 0.0820. The van der Waals surface area contributed by atoms with E-state index in [1.165, 1.54) is 17.5 Å². The van der Waals surface area contributed by atoms with Crippen LogP contribution < -0.4 is 0 Å². The molecular formula is C16H23ClN2. The van der Waals surface area contributed by atoms with Crippen molar-refractivity contribution in [1.82, 2.24) is 9.55 Å². The second-order valence-electron chi connectivity index (χ2n) is 5.86. The number of alkyl halides is 1. The number of hydrogen-bond donors (Lipinski definition) is 0. The van der Waals surface area contributed by atoms with Crippen molar-refractivity contribution in [3.05, 3.63) is 29.6 Å². The number of aromatic nitrogens is 2. The van der Waals surface area contributed by atoms with Crippen LogP contribution in [0, 0.1) is 6.92 Å². The van der Waals surface area contributed by atoms with Gasteiger partial charge in [-0.2, -0.15) is 0 Å². The van der Waals surface area contributed by atoms with E-state index in [-0.39, 0.29) is 5.54 Å². The first kappa shape index (κ1) is 14.4. The van der Waals surface area contributed by atoms with Crippen molar-refractivity contribution in [3.8, 4) is 0 Å². The maximum absolute atomic E-state index is 5.94. The maximum Gasteiger partial charge on any atom is 0.111 e. The molecule has 104 valence electrons. The molecule has 2 rings (SSSR count). The number of nitrogens with zero attached hydrogens (tertiary/aromatic N) is 2. The van der Waals surface area contributed by atoms with E-state index in [1.807, 2.05) is 0 Å². The third-order valence-electron chi connectivity index (χ3n) is 3.66. The van der Waals surface area contributed by atoms with E-state index in [2.05, 4.69) is 50.5 Å². The fourth-order valence-corrected chi connectivity index (χ4v) is 3.06. The van der Waals surface area contributed by atoms with Crippen LogP contribution in [0.5, 0.6) is 0 Å². The highest BCUT2D eigenvalue weighted by Crippen LogP contribution is 2.30. The standard InChI is InChI=1S/C16H23ClN2/c1-5-9-16(3,4)19-14-11-12(2)6-7-13(14)18-15(19)8-10-17/h6-7,11H,5,8-10H2,1-4H3. The summed E-state index contributed by atoms with van der Waals surface area (Å²) in [6.07, 6.45) is 3.13. The summed E-state index contributed by atoms with van der Waals surface area (Å²) in [6.45, 7) is 8.94. The van der Waals surface area contributed by atoms with Gasteiger partial charge in [0, 0.05) is 17.8 Å². The fourth-order valence-electron chi connectivity index (χ4n) is 2.89. The third kappa shape index (κ3) is 2.79. The minimum absolute atomic E-state index is 0.0820. The zero-order valence-corrected chi connectivity index (χ0v) is 13.1. The molecule has 2 nitrogen and oxygen atoms in total. The van der Waals surface area contributed by atoms with Gasteiger partial charge in [-0.05, 0) is 44.9 Å². The SMILES string of the molecule is CCCC(C)(C)n1c(CCCl)nc2ccc(C)cc21. The van der Waals surface area contributed by atoms with Crippen LogP contribution in [0.4, 0.5) is 0 Å². The molecule has 1 heterocycles. The van der Waals surface area contributed by atoms with E-state index in [0.717, 1.165) is 24.2 Å². The van der Waals surface area contributed by atoms with E-state index in [1.54, 1.807) is 0 Å². The van der Waals surface area contributed by atoms with Crippen LogP contribution in [0.1, 0.15) is 45.0 Å². The number of aryl methyl sites for hydroxylation is 2. The topological polar surface area (TPSA) is 17.8 Å². The van der Waals surface area contributed by atoms with Gasteiger partial charge in [0.2, 0.25) is 0 Å². The van der Waals surface area contributed by atoms with Gasteiger partial charge in [-0.1, -0.05) is 19.4 Å². The predicted octanol–water partition coefficient (Wildman–Crippen LogP) is 4.66. The quantitative estimate of drug-likeness (QED) is 0.727. The average Bonchev–Trinajstić information content (AvgIpc) is 2.67. The fraction of sp³-hybridized carbons (Fsp3) is 0.562. The number of fused-ring (bicyclic) bond motifs is 1. The molecule has 0 radical (unpaired) electrons. The molecular weight excluding hydrogens is 256 g/mol. The second-order valence-corrected chi connectivity index (χ2v) is 6.23. The summed E-state index contributed by atoms with van der Waals surface area (Å²) in [4.78, 5) is 4.77. The van der Waals surface area contributed by atoms with E-state index in [9.17, 15) is 0 Å². The van der Waals surface area contributed by atoms with Gasteiger partial charge < -0.3 is 4.57 Å². The lowest BCUT2D eigenvalue weighted by molar-refractivity contribution is 0.324. The number of rotatable bonds is 5. The van der Waals surface area contributed by atoms with Crippen LogP contribution in [-0.2, 0) is 12.0 Å². The van der Waals surface area contributed by atoms with Crippen molar-refractivity contribution in [1.29, 1.82) is 0 Å². The van der Waals surface area contributed by atoms with Crippen molar-refractivity contribution >= 4 is 22.6 Å². The molecule has 0 aliphatic rings. The Morgan fingerprint density at radius 2 is 2.05 bits per heavy atom. The molecule has 0 fully saturated rings. The smallest absolute Gasteiger partial charge is 0.111 e. The summed E-state index contributed by atoms with van der Waals surface area (Å²) in [7, 11) is 0. The third-order valence-corrected chi connectivity index (χ3v) is 3.85. The molecule has 0 bridgehead atoms. The first-order valence-electron chi connectivity index (χ1n) is 7.04. The van der Waals surface area contributed by atoms with E-state index in [0.29, 0.717) is 5.88 Å². The van der Waals surface area contributed by atoms with Gasteiger partial charge in [0.1, 0.15) is 5.82 Å². The summed E-state index contributed by atoms with van der Waals surface area (Å²) >= 11 is 5.94. The van der Waals surface area contributed by atoms with Gasteiger partial charge in [-0.25, -0.2) is 4.98 Å². The Morgan fingerprint density at radius 3 is 2.68 bits per heavy atom. The summed E-state index contributed by atoms with van der Waals surface area (Å²) in [5, 5.41) is 0. The van der Waals surface area contributed by atoms with Crippen LogP contribution in [0.2, 0.25) is 0 Å². The van der Waals surface area contributed by atoms with Gasteiger partial charge in [0.25, 0.3) is 0 Å². The zero-order valence-electron chi connectivity index (χ0n) is 12.3. The molecule has 2 aromatic rings. The first-order valence-corrected chi connectivity index (χ1v) is 7.57. The highest BCUT2D eigenvalue weighted by Gasteiger charge is 2.24. The summed E-state index contributed by atoms with van der Waals surface area (Å²) in [5.74, 6) is 1.72. The molecule has 0 amide bonds.